The van der Waals surface area contributed by atoms with Crippen molar-refractivity contribution in [1.82, 2.24) is 19.7 Å². The number of rotatable bonds is 6. The number of halogens is 4. The van der Waals surface area contributed by atoms with E-state index in [1.54, 1.807) is 42.5 Å². The lowest BCUT2D eigenvalue weighted by Crippen LogP contribution is -2.11. The molecule has 0 atom stereocenters. The number of aryl methyl sites for hydroxylation is 1. The lowest BCUT2D eigenvalue weighted by molar-refractivity contribution is -0.143. The monoisotopic (exact) mass is 487 g/mol. The first-order valence-corrected chi connectivity index (χ1v) is 10.2. The van der Waals surface area contributed by atoms with E-state index < -0.39 is 11.9 Å². The normalized spacial score (nSPS) is 11.3. The first kappa shape index (κ1) is 23.1. The lowest BCUT2D eigenvalue weighted by Gasteiger charge is -2.12. The van der Waals surface area contributed by atoms with E-state index in [1.807, 2.05) is 0 Å². The highest BCUT2D eigenvalue weighted by molar-refractivity contribution is 6.31. The van der Waals surface area contributed by atoms with Crippen LogP contribution in [0.5, 0.6) is 0 Å². The van der Waals surface area contributed by atoms with E-state index in [1.165, 1.54) is 7.05 Å². The molecule has 0 bridgehead atoms. The third-order valence-corrected chi connectivity index (χ3v) is 4.88. The van der Waals surface area contributed by atoms with Crippen molar-refractivity contribution in [2.45, 2.75) is 6.18 Å². The predicted molar refractivity (Wildman–Crippen MR) is 125 cm³/mol. The molecule has 0 fully saturated rings. The zero-order chi connectivity index (χ0) is 24.5. The lowest BCUT2D eigenvalue weighted by atomic mass is 10.2. The summed E-state index contributed by atoms with van der Waals surface area (Å²) in [6, 6.07) is 12.7. The number of amides is 1. The van der Waals surface area contributed by atoms with E-state index >= 15 is 0 Å². The van der Waals surface area contributed by atoms with Gasteiger partial charge in [0, 0.05) is 34.9 Å². The summed E-state index contributed by atoms with van der Waals surface area (Å²) in [6.07, 6.45) is -3.40. The maximum absolute atomic E-state index is 13.1. The van der Waals surface area contributed by atoms with Crippen LogP contribution in [0, 0.1) is 0 Å². The van der Waals surface area contributed by atoms with Gasteiger partial charge in [0.05, 0.1) is 5.52 Å². The molecule has 0 aliphatic heterocycles. The largest absolute Gasteiger partial charge is 0.433 e. The quantitative estimate of drug-likeness (QED) is 0.304. The number of hydrogen-bond donors (Lipinski definition) is 3. The summed E-state index contributed by atoms with van der Waals surface area (Å²) in [4.78, 5) is 20.4. The van der Waals surface area contributed by atoms with Gasteiger partial charge in [0.2, 0.25) is 11.9 Å². The number of fused-ring (bicyclic) bond motifs is 1. The third-order valence-electron chi connectivity index (χ3n) is 4.65. The number of anilines is 5. The van der Waals surface area contributed by atoms with Crippen molar-refractivity contribution >= 4 is 57.4 Å². The van der Waals surface area contributed by atoms with E-state index in [4.69, 9.17) is 11.6 Å². The molecule has 8 nitrogen and oxygen atoms in total. The predicted octanol–water partition coefficient (Wildman–Crippen LogP) is 5.65. The second-order valence-electron chi connectivity index (χ2n) is 7.12. The minimum Gasteiger partial charge on any atom is -0.339 e. The van der Waals surface area contributed by atoms with E-state index in [2.05, 4.69) is 37.6 Å². The summed E-state index contributed by atoms with van der Waals surface area (Å²) in [7, 11) is 1.20. The smallest absolute Gasteiger partial charge is 0.339 e. The van der Waals surface area contributed by atoms with Crippen molar-refractivity contribution in [1.29, 1.82) is 0 Å². The zero-order valence-corrected chi connectivity index (χ0v) is 18.4. The molecule has 0 saturated heterocycles. The molecule has 2 aromatic carbocycles. The summed E-state index contributed by atoms with van der Waals surface area (Å²) in [5.41, 5.74) is 0.689. The van der Waals surface area contributed by atoms with Crippen LogP contribution < -0.4 is 16.0 Å². The highest BCUT2D eigenvalue weighted by Crippen LogP contribution is 2.32. The fraction of sp³-hybridized carbons (Fsp3) is 0.0909. The molecule has 4 rings (SSSR count). The Bertz CT molecular complexity index is 1400. The summed E-state index contributed by atoms with van der Waals surface area (Å²) >= 11 is 6.15. The van der Waals surface area contributed by atoms with Crippen LogP contribution in [0.3, 0.4) is 0 Å². The van der Waals surface area contributed by atoms with Gasteiger partial charge < -0.3 is 16.0 Å². The number of benzene rings is 2. The Morgan fingerprint density at radius 3 is 2.56 bits per heavy atom. The van der Waals surface area contributed by atoms with Crippen molar-refractivity contribution in [2.75, 3.05) is 16.0 Å². The van der Waals surface area contributed by atoms with Crippen molar-refractivity contribution in [3.05, 3.63) is 71.9 Å². The highest BCUT2D eigenvalue weighted by atomic mass is 35.5. The molecule has 3 N–H and O–H groups in total. The van der Waals surface area contributed by atoms with Crippen LogP contribution in [0.25, 0.3) is 10.9 Å². The van der Waals surface area contributed by atoms with E-state index in [0.717, 1.165) is 16.8 Å². The van der Waals surface area contributed by atoms with Crippen molar-refractivity contribution in [2.24, 2.45) is 7.05 Å². The zero-order valence-electron chi connectivity index (χ0n) is 17.6. The third kappa shape index (κ3) is 5.09. The molecule has 34 heavy (non-hydrogen) atoms. The molecule has 2 heterocycles. The molecule has 0 aliphatic carbocycles. The Labute approximate surface area is 196 Å². The molecule has 2 aromatic heterocycles. The Morgan fingerprint density at radius 2 is 1.85 bits per heavy atom. The Morgan fingerprint density at radius 1 is 1.09 bits per heavy atom. The molecule has 0 radical (unpaired) electrons. The Kier molecular flexibility index (Phi) is 6.12. The van der Waals surface area contributed by atoms with Gasteiger partial charge in [-0.2, -0.15) is 23.3 Å². The molecule has 0 unspecified atom stereocenters. The van der Waals surface area contributed by atoms with Gasteiger partial charge in [-0.25, -0.2) is 4.98 Å². The van der Waals surface area contributed by atoms with E-state index in [-0.39, 0.29) is 17.7 Å². The minimum atomic E-state index is -4.55. The number of nitrogens with one attached hydrogen (secondary N) is 3. The fourth-order valence-corrected chi connectivity index (χ4v) is 3.34. The van der Waals surface area contributed by atoms with E-state index in [9.17, 15) is 18.0 Å². The summed E-state index contributed by atoms with van der Waals surface area (Å²) in [5.74, 6) is -0.0610. The van der Waals surface area contributed by atoms with Gasteiger partial charge in [0.25, 0.3) is 0 Å². The highest BCUT2D eigenvalue weighted by Gasteiger charge is 2.35. The number of carbonyl (C=O) groups excluding carboxylic acids is 1. The molecule has 0 aliphatic rings. The van der Waals surface area contributed by atoms with E-state index in [0.29, 0.717) is 33.1 Å². The molecular weight excluding hydrogens is 471 g/mol. The molecule has 0 saturated carbocycles. The van der Waals surface area contributed by atoms with Crippen molar-refractivity contribution in [3.63, 3.8) is 0 Å². The molecule has 4 aromatic rings. The first-order chi connectivity index (χ1) is 16.1. The molecule has 174 valence electrons. The molecule has 12 heteroatoms. The Hall–Kier alpha value is -4.12. The number of hydrogen-bond acceptors (Lipinski definition) is 6. The number of aromatic nitrogens is 4. The molecule has 0 spiro atoms. The van der Waals surface area contributed by atoms with Crippen molar-refractivity contribution in [3.8, 4) is 0 Å². The average molecular weight is 488 g/mol. The fourth-order valence-electron chi connectivity index (χ4n) is 3.16. The standard InChI is InChI=1S/C22H17ClF3N7O/c1-3-19(34)27-13-5-4-6-14(10-13)28-20-15-9-12(23)7-8-16(15)29-21(31-20)30-18-11-17(22(24,25)26)33(2)32-18/h3-11H,1H2,2H3,(H,27,34)(H2,28,29,30,31,32). The second-order valence-corrected chi connectivity index (χ2v) is 7.55. The van der Waals surface area contributed by atoms with Gasteiger partial charge in [0.15, 0.2) is 5.82 Å². The van der Waals surface area contributed by atoms with Gasteiger partial charge in [0.1, 0.15) is 11.5 Å². The van der Waals surface area contributed by atoms with Crippen LogP contribution in [-0.4, -0.2) is 25.7 Å². The van der Waals surface area contributed by atoms with Crippen LogP contribution in [0.15, 0.2) is 61.2 Å². The summed E-state index contributed by atoms with van der Waals surface area (Å²) in [5, 5.41) is 13.4. The van der Waals surface area contributed by atoms with Gasteiger partial charge >= 0.3 is 6.18 Å². The van der Waals surface area contributed by atoms with Gasteiger partial charge in [-0.3, -0.25) is 9.48 Å². The maximum Gasteiger partial charge on any atom is 0.433 e. The van der Waals surface area contributed by atoms with Crippen LogP contribution in [0.2, 0.25) is 5.02 Å². The topological polar surface area (TPSA) is 96.8 Å². The first-order valence-electron chi connectivity index (χ1n) is 9.78. The SMILES string of the molecule is C=CC(=O)Nc1cccc(Nc2nc(Nc3cc(C(F)(F)F)n(C)n3)nc3ccc(Cl)cc23)c1. The van der Waals surface area contributed by atoms with Gasteiger partial charge in [-0.15, -0.1) is 0 Å². The number of carbonyl (C=O) groups is 1. The second kappa shape index (κ2) is 9.02. The van der Waals surface area contributed by atoms with Crippen LogP contribution in [-0.2, 0) is 18.0 Å². The van der Waals surface area contributed by atoms with Crippen LogP contribution in [0.1, 0.15) is 5.69 Å². The van der Waals surface area contributed by atoms with Gasteiger partial charge in [-0.05, 0) is 42.5 Å². The summed E-state index contributed by atoms with van der Waals surface area (Å²) in [6.45, 7) is 3.42. The minimum absolute atomic E-state index is 0.0280. The number of alkyl halides is 3. The average Bonchev–Trinajstić information content (AvgIpc) is 3.15. The van der Waals surface area contributed by atoms with Crippen LogP contribution in [0.4, 0.5) is 42.1 Å². The van der Waals surface area contributed by atoms with Gasteiger partial charge in [-0.1, -0.05) is 24.2 Å². The summed E-state index contributed by atoms with van der Waals surface area (Å²) < 4.78 is 40.1. The molecule has 1 amide bonds. The maximum atomic E-state index is 13.1. The van der Waals surface area contributed by atoms with Crippen LogP contribution >= 0.6 is 11.6 Å². The number of nitrogens with zero attached hydrogens (tertiary/aromatic N) is 4. The van der Waals surface area contributed by atoms with Crippen molar-refractivity contribution < 1.29 is 18.0 Å². The Balaban J connectivity index is 1.71. The molecular formula is C22H17ClF3N7O.